The lowest BCUT2D eigenvalue weighted by Gasteiger charge is -2.17. The van der Waals surface area contributed by atoms with Crippen molar-refractivity contribution in [3.05, 3.63) is 23.0 Å². The fraction of sp³-hybridized carbons (Fsp3) is 0.222. The minimum absolute atomic E-state index is 0.203. The van der Waals surface area contributed by atoms with Gasteiger partial charge in [-0.05, 0) is 6.07 Å². The maximum atomic E-state index is 11.5. The average Bonchev–Trinajstić information content (AvgIpc) is 2.60. The third-order valence-corrected chi connectivity index (χ3v) is 2.60. The molecule has 0 fully saturated rings. The molecule has 0 atom stereocenters. The summed E-state index contributed by atoms with van der Waals surface area (Å²) in [6.07, 6.45) is 1.56. The molecule has 76 valence electrons. The Balaban J connectivity index is 2.22. The van der Waals surface area contributed by atoms with Gasteiger partial charge in [0, 0.05) is 11.9 Å². The Morgan fingerprint density at radius 1 is 1.40 bits per heavy atom. The molecule has 1 aromatic rings. The molecule has 2 amide bonds. The lowest BCUT2D eigenvalue weighted by atomic mass is 10.2. The topological polar surface area (TPSA) is 75.5 Å². The van der Waals surface area contributed by atoms with Crippen LogP contribution in [0, 0.1) is 0 Å². The van der Waals surface area contributed by atoms with Gasteiger partial charge in [0.05, 0.1) is 18.7 Å². The first-order valence-corrected chi connectivity index (χ1v) is 4.60. The standard InChI is InChI=1S/C9H8N4O2/c14-8-5-3-6-9(15)10-1-2-13(6)7(5)4-11-12-8/h1,3,11H,2,4H2,(H,12,14). The summed E-state index contributed by atoms with van der Waals surface area (Å²) >= 11 is 0. The smallest absolute Gasteiger partial charge is 0.293 e. The fourth-order valence-corrected chi connectivity index (χ4v) is 1.91. The van der Waals surface area contributed by atoms with Crippen LogP contribution in [0.2, 0.25) is 0 Å². The predicted octanol–water partition coefficient (Wildman–Crippen LogP) is -0.539. The summed E-state index contributed by atoms with van der Waals surface area (Å²) in [4.78, 5) is 26.6. The number of hydrogen-bond donors (Lipinski definition) is 2. The minimum atomic E-state index is -0.288. The summed E-state index contributed by atoms with van der Waals surface area (Å²) in [5.74, 6) is -0.491. The Kier molecular flexibility index (Phi) is 1.54. The first-order chi connectivity index (χ1) is 7.27. The fourth-order valence-electron chi connectivity index (χ4n) is 1.91. The lowest BCUT2D eigenvalue weighted by molar-refractivity contribution is 0.0917. The molecule has 0 saturated carbocycles. The second kappa shape index (κ2) is 2.77. The van der Waals surface area contributed by atoms with Crippen LogP contribution in [0.1, 0.15) is 26.5 Å². The van der Waals surface area contributed by atoms with Gasteiger partial charge in [-0.25, -0.2) is 10.4 Å². The molecule has 3 heterocycles. The van der Waals surface area contributed by atoms with Gasteiger partial charge in [0.15, 0.2) is 0 Å². The van der Waals surface area contributed by atoms with Crippen LogP contribution in [0.5, 0.6) is 0 Å². The van der Waals surface area contributed by atoms with Crippen LogP contribution in [-0.2, 0) is 13.1 Å². The molecule has 2 aliphatic rings. The van der Waals surface area contributed by atoms with Crippen molar-refractivity contribution in [1.82, 2.24) is 15.4 Å². The van der Waals surface area contributed by atoms with Crippen LogP contribution in [-0.4, -0.2) is 22.6 Å². The highest BCUT2D eigenvalue weighted by Gasteiger charge is 2.26. The van der Waals surface area contributed by atoms with Crippen molar-refractivity contribution < 1.29 is 9.59 Å². The van der Waals surface area contributed by atoms with Gasteiger partial charge in [0.25, 0.3) is 11.8 Å². The van der Waals surface area contributed by atoms with E-state index in [0.717, 1.165) is 5.69 Å². The van der Waals surface area contributed by atoms with E-state index in [4.69, 9.17) is 0 Å². The van der Waals surface area contributed by atoms with E-state index in [2.05, 4.69) is 15.8 Å². The maximum Gasteiger partial charge on any atom is 0.293 e. The molecule has 0 saturated heterocycles. The first-order valence-electron chi connectivity index (χ1n) is 4.60. The second-order valence-electron chi connectivity index (χ2n) is 3.43. The van der Waals surface area contributed by atoms with Gasteiger partial charge < -0.3 is 4.57 Å². The summed E-state index contributed by atoms with van der Waals surface area (Å²) < 4.78 is 1.82. The number of rotatable bonds is 0. The molecule has 2 N–H and O–H groups in total. The maximum absolute atomic E-state index is 11.5. The summed E-state index contributed by atoms with van der Waals surface area (Å²) in [6.45, 7) is 1.08. The van der Waals surface area contributed by atoms with Crippen LogP contribution < -0.4 is 10.9 Å². The third-order valence-electron chi connectivity index (χ3n) is 2.60. The highest BCUT2D eigenvalue weighted by atomic mass is 16.2. The molecule has 6 nitrogen and oxygen atoms in total. The number of hydrazine groups is 1. The lowest BCUT2D eigenvalue weighted by Crippen LogP contribution is -2.42. The Morgan fingerprint density at radius 3 is 3.13 bits per heavy atom. The van der Waals surface area contributed by atoms with Crippen LogP contribution in [0.4, 0.5) is 0 Å². The molecule has 0 unspecified atom stereocenters. The van der Waals surface area contributed by atoms with E-state index in [1.807, 2.05) is 4.57 Å². The zero-order valence-electron chi connectivity index (χ0n) is 7.78. The second-order valence-corrected chi connectivity index (χ2v) is 3.43. The molecule has 1 aromatic heterocycles. The normalized spacial score (nSPS) is 18.4. The molecule has 2 aliphatic heterocycles. The quantitative estimate of drug-likeness (QED) is 0.596. The molecule has 0 radical (unpaired) electrons. The molecule has 0 bridgehead atoms. The van der Waals surface area contributed by atoms with Gasteiger partial charge in [-0.1, -0.05) is 0 Å². The Bertz CT molecular complexity index is 500. The SMILES string of the molecule is O=C1NNCc2c1cc1n2CC=NC1=O. The van der Waals surface area contributed by atoms with E-state index < -0.39 is 0 Å². The van der Waals surface area contributed by atoms with Gasteiger partial charge in [0.1, 0.15) is 5.69 Å². The molecular weight excluding hydrogens is 196 g/mol. The predicted molar refractivity (Wildman–Crippen MR) is 51.6 cm³/mol. The number of carbonyl (C=O) groups excluding carboxylic acids is 2. The van der Waals surface area contributed by atoms with Crippen molar-refractivity contribution in [2.24, 2.45) is 4.99 Å². The highest BCUT2D eigenvalue weighted by Crippen LogP contribution is 2.20. The zero-order chi connectivity index (χ0) is 10.4. The van der Waals surface area contributed by atoms with E-state index in [1.165, 1.54) is 0 Å². The number of carbonyl (C=O) groups is 2. The Hall–Kier alpha value is -1.95. The molecule has 0 aliphatic carbocycles. The van der Waals surface area contributed by atoms with E-state index in [9.17, 15) is 9.59 Å². The minimum Gasteiger partial charge on any atom is -0.333 e. The highest BCUT2D eigenvalue weighted by molar-refractivity contribution is 6.04. The number of fused-ring (bicyclic) bond motifs is 3. The average molecular weight is 204 g/mol. The molecule has 15 heavy (non-hydrogen) atoms. The van der Waals surface area contributed by atoms with Crippen molar-refractivity contribution in [1.29, 1.82) is 0 Å². The van der Waals surface area contributed by atoms with Gasteiger partial charge in [-0.2, -0.15) is 0 Å². The Morgan fingerprint density at radius 2 is 2.27 bits per heavy atom. The number of nitrogens with zero attached hydrogens (tertiary/aromatic N) is 2. The zero-order valence-corrected chi connectivity index (χ0v) is 7.78. The molecule has 0 spiro atoms. The summed E-state index contributed by atoms with van der Waals surface area (Å²) in [5.41, 5.74) is 7.16. The van der Waals surface area contributed by atoms with Crippen LogP contribution in [0.15, 0.2) is 11.1 Å². The van der Waals surface area contributed by atoms with Crippen LogP contribution >= 0.6 is 0 Å². The van der Waals surface area contributed by atoms with E-state index in [0.29, 0.717) is 24.3 Å². The van der Waals surface area contributed by atoms with Crippen molar-refractivity contribution in [2.45, 2.75) is 13.1 Å². The monoisotopic (exact) mass is 204 g/mol. The molecule has 0 aromatic carbocycles. The van der Waals surface area contributed by atoms with E-state index >= 15 is 0 Å². The van der Waals surface area contributed by atoms with Crippen molar-refractivity contribution in [3.63, 3.8) is 0 Å². The van der Waals surface area contributed by atoms with E-state index in [1.54, 1.807) is 12.3 Å². The number of amides is 2. The number of aliphatic imine (C=N–C) groups is 1. The van der Waals surface area contributed by atoms with Crippen molar-refractivity contribution in [3.8, 4) is 0 Å². The number of aromatic nitrogens is 1. The molecule has 3 rings (SSSR count). The Labute approximate surface area is 85.0 Å². The van der Waals surface area contributed by atoms with Gasteiger partial charge in [-0.3, -0.25) is 15.0 Å². The van der Waals surface area contributed by atoms with Crippen LogP contribution in [0.25, 0.3) is 0 Å². The third kappa shape index (κ3) is 1.05. The van der Waals surface area contributed by atoms with Gasteiger partial charge in [0.2, 0.25) is 0 Å². The molecule has 6 heteroatoms. The van der Waals surface area contributed by atoms with Gasteiger partial charge in [-0.15, -0.1) is 0 Å². The van der Waals surface area contributed by atoms with Crippen molar-refractivity contribution >= 4 is 18.0 Å². The van der Waals surface area contributed by atoms with E-state index in [-0.39, 0.29) is 11.8 Å². The van der Waals surface area contributed by atoms with Crippen molar-refractivity contribution in [2.75, 3.05) is 0 Å². The molecular formula is C9H8N4O2. The summed E-state index contributed by atoms with van der Waals surface area (Å²) in [6, 6.07) is 1.60. The number of hydrogen-bond acceptors (Lipinski definition) is 3. The number of nitrogens with one attached hydrogen (secondary N) is 2. The first kappa shape index (κ1) is 8.37. The summed E-state index contributed by atoms with van der Waals surface area (Å²) in [7, 11) is 0. The summed E-state index contributed by atoms with van der Waals surface area (Å²) in [5, 5.41) is 0. The van der Waals surface area contributed by atoms with Crippen LogP contribution in [0.3, 0.4) is 0 Å². The largest absolute Gasteiger partial charge is 0.333 e. The van der Waals surface area contributed by atoms with Gasteiger partial charge >= 0.3 is 0 Å².